The molecule has 4 rings (SSSR count). The number of aromatic hydroxyl groups is 1. The molecule has 0 amide bonds. The summed E-state index contributed by atoms with van der Waals surface area (Å²) in [7, 11) is 0. The summed E-state index contributed by atoms with van der Waals surface area (Å²) in [6, 6.07) is 3.61. The van der Waals surface area contributed by atoms with Crippen LogP contribution in [-0.4, -0.2) is 23.0 Å². The van der Waals surface area contributed by atoms with Gasteiger partial charge in [0.1, 0.15) is 11.5 Å². The Kier molecular flexibility index (Phi) is 3.98. The van der Waals surface area contributed by atoms with Gasteiger partial charge in [0.25, 0.3) is 0 Å². The Balaban J connectivity index is 1.71. The van der Waals surface area contributed by atoms with Crippen LogP contribution in [0.2, 0.25) is 0 Å². The number of nitrogens with one attached hydrogen (secondary N) is 1. The summed E-state index contributed by atoms with van der Waals surface area (Å²) in [5.41, 5.74) is 5.08. The highest BCUT2D eigenvalue weighted by atomic mass is 16.5. The number of rotatable bonds is 3. The third-order valence-corrected chi connectivity index (χ3v) is 7.03. The quantitative estimate of drug-likeness (QED) is 0.388. The zero-order chi connectivity index (χ0) is 16.9. The highest BCUT2D eigenvalue weighted by molar-refractivity contribution is 5.50. The topological polar surface area (TPSA) is 87.7 Å². The van der Waals surface area contributed by atoms with Crippen molar-refractivity contribution in [3.8, 4) is 11.5 Å². The number of hydrogen-bond donors (Lipinski definition) is 4. The van der Waals surface area contributed by atoms with E-state index in [2.05, 4.69) is 12.3 Å². The molecule has 5 nitrogen and oxygen atoms in total. The van der Waals surface area contributed by atoms with Crippen molar-refractivity contribution in [2.45, 2.75) is 57.5 Å². The van der Waals surface area contributed by atoms with Crippen molar-refractivity contribution in [1.29, 1.82) is 0 Å². The van der Waals surface area contributed by atoms with Gasteiger partial charge in [-0.15, -0.1) is 0 Å². The molecule has 24 heavy (non-hydrogen) atoms. The number of hydrogen-bond acceptors (Lipinski definition) is 5. The lowest BCUT2D eigenvalue weighted by Gasteiger charge is -2.50. The summed E-state index contributed by atoms with van der Waals surface area (Å²) in [4.78, 5) is 0. The maximum atomic E-state index is 10.5. The normalized spacial score (nSPS) is 37.5. The molecule has 5 atom stereocenters. The first kappa shape index (κ1) is 16.2. The van der Waals surface area contributed by atoms with E-state index < -0.39 is 0 Å². The number of hydrazine groups is 1. The number of aryl methyl sites for hydroxylation is 1. The fourth-order valence-electron chi connectivity index (χ4n) is 5.88. The van der Waals surface area contributed by atoms with Crippen LogP contribution in [0.3, 0.4) is 0 Å². The molecule has 0 unspecified atom stereocenters. The van der Waals surface area contributed by atoms with Crippen LogP contribution in [-0.2, 0) is 6.42 Å². The number of ether oxygens (including phenoxy) is 1. The molecular formula is C19H28N2O3. The van der Waals surface area contributed by atoms with E-state index >= 15 is 0 Å². The van der Waals surface area contributed by atoms with Crippen LogP contribution in [0.25, 0.3) is 0 Å². The second kappa shape index (κ2) is 5.90. The van der Waals surface area contributed by atoms with Crippen molar-refractivity contribution in [2.75, 3.05) is 6.73 Å². The molecule has 132 valence electrons. The Morgan fingerprint density at radius 1 is 1.29 bits per heavy atom. The molecule has 0 spiro atoms. The summed E-state index contributed by atoms with van der Waals surface area (Å²) in [5, 5.41) is 20.5. The van der Waals surface area contributed by atoms with E-state index in [-0.39, 0.29) is 24.0 Å². The van der Waals surface area contributed by atoms with Crippen LogP contribution in [0.4, 0.5) is 0 Å². The number of phenolic OH excluding ortho intramolecular Hbond substituents is 1. The second-order valence-corrected chi connectivity index (χ2v) is 8.06. The number of aliphatic hydroxyl groups excluding tert-OH is 1. The van der Waals surface area contributed by atoms with Gasteiger partial charge in [-0.25, -0.2) is 5.43 Å². The molecule has 5 heteroatoms. The van der Waals surface area contributed by atoms with E-state index in [1.807, 2.05) is 6.07 Å². The molecule has 5 N–H and O–H groups in total. The van der Waals surface area contributed by atoms with Gasteiger partial charge in [0.2, 0.25) is 0 Å². The van der Waals surface area contributed by atoms with E-state index in [4.69, 9.17) is 10.6 Å². The van der Waals surface area contributed by atoms with E-state index in [0.717, 1.165) is 44.3 Å². The maximum absolute atomic E-state index is 10.5. The second-order valence-electron chi connectivity index (χ2n) is 8.06. The van der Waals surface area contributed by atoms with Gasteiger partial charge in [-0.1, -0.05) is 6.92 Å². The number of phenols is 1. The van der Waals surface area contributed by atoms with Gasteiger partial charge >= 0.3 is 0 Å². The molecule has 0 heterocycles. The van der Waals surface area contributed by atoms with Crippen LogP contribution < -0.4 is 16.0 Å². The van der Waals surface area contributed by atoms with Gasteiger partial charge in [-0.3, -0.25) is 5.84 Å². The highest BCUT2D eigenvalue weighted by Crippen LogP contribution is 2.62. The van der Waals surface area contributed by atoms with Crippen LogP contribution in [0.15, 0.2) is 12.1 Å². The first-order valence-electron chi connectivity index (χ1n) is 9.14. The maximum Gasteiger partial charge on any atom is 0.151 e. The largest absolute Gasteiger partial charge is 0.508 e. The molecule has 2 saturated carbocycles. The van der Waals surface area contributed by atoms with Crippen LogP contribution in [0.5, 0.6) is 11.5 Å². The molecule has 0 aromatic heterocycles. The first-order chi connectivity index (χ1) is 11.5. The summed E-state index contributed by atoms with van der Waals surface area (Å²) in [6.45, 7) is 2.51. The minimum atomic E-state index is -0.151. The smallest absolute Gasteiger partial charge is 0.151 e. The van der Waals surface area contributed by atoms with E-state index in [1.165, 1.54) is 11.1 Å². The monoisotopic (exact) mass is 332 g/mol. The lowest BCUT2D eigenvalue weighted by atomic mass is 9.55. The molecule has 3 aliphatic carbocycles. The van der Waals surface area contributed by atoms with E-state index in [9.17, 15) is 10.2 Å². The van der Waals surface area contributed by atoms with Crippen molar-refractivity contribution in [3.63, 3.8) is 0 Å². The van der Waals surface area contributed by atoms with Crippen molar-refractivity contribution >= 4 is 0 Å². The third kappa shape index (κ3) is 2.33. The third-order valence-electron chi connectivity index (χ3n) is 7.03. The van der Waals surface area contributed by atoms with Gasteiger partial charge in [-0.05, 0) is 73.3 Å². The van der Waals surface area contributed by atoms with Crippen LogP contribution in [0.1, 0.15) is 56.1 Å². The Bertz CT molecular complexity index is 635. The van der Waals surface area contributed by atoms with E-state index in [0.29, 0.717) is 17.8 Å². The zero-order valence-corrected chi connectivity index (χ0v) is 14.3. The standard InChI is InChI=1S/C19H28N2O3/c1-19-7-6-14-13(15(19)4-5-17(19)23)3-2-11-8-12(22)9-16(18(11)14)24-10-21-20/h8-9,13-15,17,21-23H,2-7,10,20H2,1H3/t13-,14-,15-,17-,19-/m0/s1. The minimum absolute atomic E-state index is 0.0788. The number of aliphatic hydroxyl groups is 1. The Morgan fingerprint density at radius 2 is 2.12 bits per heavy atom. The van der Waals surface area contributed by atoms with Crippen LogP contribution in [0, 0.1) is 17.3 Å². The molecule has 1 aromatic carbocycles. The van der Waals surface area contributed by atoms with Crippen molar-refractivity contribution < 1.29 is 14.9 Å². The lowest BCUT2D eigenvalue weighted by Crippen LogP contribution is -2.44. The average molecular weight is 332 g/mol. The SMILES string of the molecule is C[C@]12CC[C@@H]3c4c(cc(O)cc4OCNN)CC[C@@H]3[C@@H]1CC[C@@H]2O. The Hall–Kier alpha value is -1.30. The molecule has 0 bridgehead atoms. The Morgan fingerprint density at radius 3 is 2.92 bits per heavy atom. The molecule has 0 saturated heterocycles. The molecular weight excluding hydrogens is 304 g/mol. The molecule has 2 fully saturated rings. The summed E-state index contributed by atoms with van der Waals surface area (Å²) >= 11 is 0. The van der Waals surface area contributed by atoms with Crippen molar-refractivity contribution in [1.82, 2.24) is 5.43 Å². The highest BCUT2D eigenvalue weighted by Gasteiger charge is 2.54. The molecule has 1 aromatic rings. The fraction of sp³-hybridized carbons (Fsp3) is 0.684. The number of nitrogens with two attached hydrogens (primary N) is 1. The van der Waals surface area contributed by atoms with Gasteiger partial charge in [-0.2, -0.15) is 0 Å². The lowest BCUT2D eigenvalue weighted by molar-refractivity contribution is -0.0230. The number of fused-ring (bicyclic) bond motifs is 5. The van der Waals surface area contributed by atoms with Gasteiger partial charge in [0, 0.05) is 11.6 Å². The van der Waals surface area contributed by atoms with Gasteiger partial charge in [0.15, 0.2) is 6.73 Å². The molecule has 0 radical (unpaired) electrons. The van der Waals surface area contributed by atoms with Gasteiger partial charge in [0.05, 0.1) is 6.10 Å². The Labute approximate surface area is 143 Å². The van der Waals surface area contributed by atoms with Crippen molar-refractivity contribution in [2.24, 2.45) is 23.1 Å². The predicted octanol–water partition coefficient (Wildman–Crippen LogP) is 2.41. The molecule has 3 aliphatic rings. The fourth-order valence-corrected chi connectivity index (χ4v) is 5.88. The van der Waals surface area contributed by atoms with Crippen molar-refractivity contribution in [3.05, 3.63) is 23.3 Å². The number of benzene rings is 1. The molecule has 0 aliphatic heterocycles. The summed E-state index contributed by atoms with van der Waals surface area (Å²) in [5.74, 6) is 8.04. The van der Waals surface area contributed by atoms with E-state index in [1.54, 1.807) is 6.07 Å². The summed E-state index contributed by atoms with van der Waals surface area (Å²) < 4.78 is 5.80. The average Bonchev–Trinajstić information content (AvgIpc) is 2.87. The first-order valence-corrected chi connectivity index (χ1v) is 9.14. The zero-order valence-electron chi connectivity index (χ0n) is 14.3. The van der Waals surface area contributed by atoms with Crippen LogP contribution >= 0.6 is 0 Å². The van der Waals surface area contributed by atoms with Gasteiger partial charge < -0.3 is 14.9 Å². The minimum Gasteiger partial charge on any atom is -0.508 e. The predicted molar refractivity (Wildman–Crippen MR) is 91.5 cm³/mol. The summed E-state index contributed by atoms with van der Waals surface area (Å²) in [6.07, 6.45) is 6.18.